The van der Waals surface area contributed by atoms with Gasteiger partial charge in [-0.1, -0.05) is 25.4 Å². The quantitative estimate of drug-likeness (QED) is 0.530. The minimum absolute atomic E-state index is 0.0566. The molecule has 0 radical (unpaired) electrons. The smallest absolute Gasteiger partial charge is 0.293 e. The van der Waals surface area contributed by atoms with Crippen LogP contribution in [0.4, 0.5) is 17.2 Å². The second kappa shape index (κ2) is 9.83. The Morgan fingerprint density at radius 1 is 1.24 bits per heavy atom. The molecule has 3 aromatic rings. The van der Waals surface area contributed by atoms with Crippen molar-refractivity contribution in [2.24, 2.45) is 13.0 Å². The Bertz CT molecular complexity index is 1230. The van der Waals surface area contributed by atoms with Gasteiger partial charge in [0, 0.05) is 43.7 Å². The predicted octanol–water partition coefficient (Wildman–Crippen LogP) is 4.92. The number of anilines is 3. The number of nitrogens with one attached hydrogen (secondary N) is 1. The van der Waals surface area contributed by atoms with E-state index in [0.717, 1.165) is 59.9 Å². The average Bonchev–Trinajstić information content (AvgIpc) is 2.82. The fraction of sp³-hybridized carbons (Fsp3) is 0.400. The first-order chi connectivity index (χ1) is 15.9. The van der Waals surface area contributed by atoms with Crippen molar-refractivity contribution in [3.05, 3.63) is 51.9 Å². The minimum atomic E-state index is -0.273. The SMILES string of the molecule is CCC(=O)COc1cc2cc(Nc3cc(N4CCC(C)CC4)ncc3Cl)ccc2n(C)c1=O. The highest BCUT2D eigenvalue weighted by molar-refractivity contribution is 6.33. The zero-order chi connectivity index (χ0) is 23.5. The number of hydrogen-bond donors (Lipinski definition) is 1. The lowest BCUT2D eigenvalue weighted by molar-refractivity contribution is -0.120. The lowest BCUT2D eigenvalue weighted by Gasteiger charge is -2.31. The molecule has 0 aliphatic carbocycles. The molecule has 33 heavy (non-hydrogen) atoms. The molecule has 0 atom stereocenters. The summed E-state index contributed by atoms with van der Waals surface area (Å²) in [7, 11) is 1.69. The zero-order valence-corrected chi connectivity index (χ0v) is 20.0. The summed E-state index contributed by atoms with van der Waals surface area (Å²) in [5.41, 5.74) is 2.09. The zero-order valence-electron chi connectivity index (χ0n) is 19.2. The number of fused-ring (bicyclic) bond motifs is 1. The molecule has 7 nitrogen and oxygen atoms in total. The molecule has 8 heteroatoms. The molecule has 1 fully saturated rings. The Kier molecular flexibility index (Phi) is 6.88. The van der Waals surface area contributed by atoms with E-state index >= 15 is 0 Å². The van der Waals surface area contributed by atoms with E-state index in [1.165, 1.54) is 4.57 Å². The number of Topliss-reactive ketones (excluding diaryl/α,β-unsaturated/α-hetero) is 1. The Balaban J connectivity index is 1.61. The van der Waals surface area contributed by atoms with Crippen LogP contribution >= 0.6 is 11.6 Å². The van der Waals surface area contributed by atoms with Crippen molar-refractivity contribution in [3.63, 3.8) is 0 Å². The fourth-order valence-electron chi connectivity index (χ4n) is 3.98. The van der Waals surface area contributed by atoms with Crippen molar-refractivity contribution >= 4 is 45.5 Å². The van der Waals surface area contributed by atoms with Crippen molar-refractivity contribution in [3.8, 4) is 5.75 Å². The molecule has 1 aliphatic rings. The monoisotopic (exact) mass is 468 g/mol. The molecule has 1 aromatic carbocycles. The Hall–Kier alpha value is -3.06. The second-order valence-corrected chi connectivity index (χ2v) is 9.05. The largest absolute Gasteiger partial charge is 0.480 e. The van der Waals surface area contributed by atoms with Gasteiger partial charge >= 0.3 is 0 Å². The summed E-state index contributed by atoms with van der Waals surface area (Å²) in [6.45, 7) is 5.92. The first kappa shape index (κ1) is 23.1. The molecular formula is C25H29ClN4O3. The van der Waals surface area contributed by atoms with Crippen LogP contribution in [0.15, 0.2) is 41.3 Å². The molecule has 2 aromatic heterocycles. The molecule has 0 bridgehead atoms. The Morgan fingerprint density at radius 2 is 2.00 bits per heavy atom. The highest BCUT2D eigenvalue weighted by Gasteiger charge is 2.18. The summed E-state index contributed by atoms with van der Waals surface area (Å²) in [6, 6.07) is 9.38. The van der Waals surface area contributed by atoms with Crippen LogP contribution in [0, 0.1) is 5.92 Å². The van der Waals surface area contributed by atoms with Gasteiger partial charge in [-0.05, 0) is 43.0 Å². The van der Waals surface area contributed by atoms with Crippen LogP contribution in [0.25, 0.3) is 10.9 Å². The van der Waals surface area contributed by atoms with Gasteiger partial charge in [-0.15, -0.1) is 0 Å². The van der Waals surface area contributed by atoms with Crippen LogP contribution in [0.3, 0.4) is 0 Å². The molecule has 1 aliphatic heterocycles. The maximum atomic E-state index is 12.6. The topological polar surface area (TPSA) is 76.5 Å². The number of carbonyl (C=O) groups is 1. The number of aryl methyl sites for hydroxylation is 1. The van der Waals surface area contributed by atoms with Gasteiger partial charge in [-0.25, -0.2) is 4.98 Å². The fourth-order valence-corrected chi connectivity index (χ4v) is 4.13. The number of halogens is 1. The van der Waals surface area contributed by atoms with Gasteiger partial charge in [0.05, 0.1) is 22.4 Å². The van der Waals surface area contributed by atoms with Crippen LogP contribution in [0.1, 0.15) is 33.1 Å². The van der Waals surface area contributed by atoms with Crippen LogP contribution < -0.4 is 20.5 Å². The number of pyridine rings is 2. The van der Waals surface area contributed by atoms with Gasteiger partial charge in [0.15, 0.2) is 11.5 Å². The standard InChI is InChI=1S/C25H29ClN4O3/c1-4-19(31)15-33-23-12-17-11-18(5-6-22(17)29(3)25(23)32)28-21-13-24(27-14-20(21)26)30-9-7-16(2)8-10-30/h5-6,11-14,16H,4,7-10,15H2,1-3H3,(H,27,28). The maximum absolute atomic E-state index is 12.6. The molecular weight excluding hydrogens is 440 g/mol. The summed E-state index contributed by atoms with van der Waals surface area (Å²) in [4.78, 5) is 31.0. The van der Waals surface area contributed by atoms with Crippen molar-refractivity contribution in [2.45, 2.75) is 33.1 Å². The first-order valence-electron chi connectivity index (χ1n) is 11.3. The third-order valence-corrected chi connectivity index (χ3v) is 6.50. The molecule has 0 saturated carbocycles. The van der Waals surface area contributed by atoms with E-state index in [-0.39, 0.29) is 23.7 Å². The molecule has 1 N–H and O–H groups in total. The van der Waals surface area contributed by atoms with Crippen molar-refractivity contribution < 1.29 is 9.53 Å². The third-order valence-electron chi connectivity index (χ3n) is 6.20. The predicted molar refractivity (Wildman–Crippen MR) is 133 cm³/mol. The van der Waals surface area contributed by atoms with Crippen molar-refractivity contribution in [1.29, 1.82) is 0 Å². The number of ether oxygens (including phenoxy) is 1. The number of aromatic nitrogens is 2. The maximum Gasteiger partial charge on any atom is 0.293 e. The normalized spacial score (nSPS) is 14.5. The molecule has 1 saturated heterocycles. The lowest BCUT2D eigenvalue weighted by atomic mass is 9.99. The second-order valence-electron chi connectivity index (χ2n) is 8.64. The van der Waals surface area contributed by atoms with Crippen molar-refractivity contribution in [1.82, 2.24) is 9.55 Å². The van der Waals surface area contributed by atoms with E-state index in [4.69, 9.17) is 16.3 Å². The van der Waals surface area contributed by atoms with Crippen LogP contribution in [0.5, 0.6) is 5.75 Å². The van der Waals surface area contributed by atoms with E-state index in [9.17, 15) is 9.59 Å². The van der Waals surface area contributed by atoms with Gasteiger partial charge in [0.2, 0.25) is 0 Å². The summed E-state index contributed by atoms with van der Waals surface area (Å²) in [5.74, 6) is 1.76. The van der Waals surface area contributed by atoms with E-state index in [2.05, 4.69) is 22.1 Å². The number of ketones is 1. The van der Waals surface area contributed by atoms with E-state index in [0.29, 0.717) is 11.4 Å². The molecule has 0 amide bonds. The molecule has 3 heterocycles. The number of rotatable bonds is 7. The van der Waals surface area contributed by atoms with Gasteiger partial charge < -0.3 is 19.5 Å². The molecule has 0 unspecified atom stereocenters. The number of hydrogen-bond acceptors (Lipinski definition) is 6. The summed E-state index contributed by atoms with van der Waals surface area (Å²) in [6.07, 6.45) is 4.36. The summed E-state index contributed by atoms with van der Waals surface area (Å²) < 4.78 is 7.04. The van der Waals surface area contributed by atoms with E-state index < -0.39 is 0 Å². The summed E-state index contributed by atoms with van der Waals surface area (Å²) in [5, 5.41) is 4.73. The Morgan fingerprint density at radius 3 is 2.73 bits per heavy atom. The lowest BCUT2D eigenvalue weighted by Crippen LogP contribution is -2.33. The average molecular weight is 469 g/mol. The van der Waals surface area contributed by atoms with Crippen LogP contribution in [-0.4, -0.2) is 35.0 Å². The van der Waals surface area contributed by atoms with E-state index in [1.807, 2.05) is 24.3 Å². The van der Waals surface area contributed by atoms with Gasteiger partial charge in [-0.2, -0.15) is 0 Å². The van der Waals surface area contributed by atoms with Crippen LogP contribution in [-0.2, 0) is 11.8 Å². The minimum Gasteiger partial charge on any atom is -0.480 e. The first-order valence-corrected chi connectivity index (χ1v) is 11.7. The van der Waals surface area contributed by atoms with Gasteiger partial charge in [0.25, 0.3) is 5.56 Å². The van der Waals surface area contributed by atoms with Crippen molar-refractivity contribution in [2.75, 3.05) is 29.9 Å². The van der Waals surface area contributed by atoms with Gasteiger partial charge in [-0.3, -0.25) is 9.59 Å². The highest BCUT2D eigenvalue weighted by atomic mass is 35.5. The molecule has 0 spiro atoms. The number of nitrogens with zero attached hydrogens (tertiary/aromatic N) is 3. The molecule has 4 rings (SSSR count). The van der Waals surface area contributed by atoms with E-state index in [1.54, 1.807) is 26.2 Å². The van der Waals surface area contributed by atoms with Crippen LogP contribution in [0.2, 0.25) is 5.02 Å². The Labute approximate surface area is 198 Å². The number of carbonyl (C=O) groups excluding carboxylic acids is 1. The highest BCUT2D eigenvalue weighted by Crippen LogP contribution is 2.31. The van der Waals surface area contributed by atoms with Gasteiger partial charge in [0.1, 0.15) is 12.4 Å². The third kappa shape index (κ3) is 5.14. The summed E-state index contributed by atoms with van der Waals surface area (Å²) >= 11 is 6.44. The molecule has 174 valence electrons. The number of benzene rings is 1. The number of piperidine rings is 1.